The van der Waals surface area contributed by atoms with Gasteiger partial charge in [-0.2, -0.15) is 8.42 Å². The highest BCUT2D eigenvalue weighted by molar-refractivity contribution is 7.99. The van der Waals surface area contributed by atoms with Gasteiger partial charge in [-0.25, -0.2) is 4.39 Å². The normalized spacial score (nSPS) is 21.6. The molecule has 5 rings (SSSR count). The Morgan fingerprint density at radius 1 is 1.08 bits per heavy atom. The van der Waals surface area contributed by atoms with Gasteiger partial charge in [0.25, 0.3) is 10.1 Å². The lowest BCUT2D eigenvalue weighted by molar-refractivity contribution is -0.183. The first-order valence-electron chi connectivity index (χ1n) is 12.0. The first kappa shape index (κ1) is 27.8. The highest BCUT2D eigenvalue weighted by atomic mass is 35.5. The molecule has 2 fully saturated rings. The van der Waals surface area contributed by atoms with Crippen LogP contribution in [0, 0.1) is 5.82 Å². The predicted octanol–water partition coefficient (Wildman–Crippen LogP) is 4.50. The fourth-order valence-electron chi connectivity index (χ4n) is 4.73. The topological polar surface area (TPSA) is 79.3 Å². The van der Waals surface area contributed by atoms with E-state index in [-0.39, 0.29) is 18.1 Å². The standard InChI is InChI=1S/C24H28ClFN2O2S.CH4O3S/c25-18-2-5-22-17(14-18)15-21(20-4-3-19(26)16-23(20)31-22)28-10-8-27(9-11-28)7-6-24-29-12-1-13-30-24;1-5(2,3)4/h2-5,14,16,21,24H,1,6-13,15H2;1H3,(H,2,3,4). The number of nitrogens with zero attached hydrogens (tertiary/aromatic N) is 2. The number of ether oxygens (including phenoxy) is 2. The van der Waals surface area contributed by atoms with Crippen molar-refractivity contribution < 1.29 is 26.8 Å². The summed E-state index contributed by atoms with van der Waals surface area (Å²) in [6, 6.07) is 11.5. The second kappa shape index (κ2) is 12.5. The Hall–Kier alpha value is -1.24. The highest BCUT2D eigenvalue weighted by Gasteiger charge is 2.30. The summed E-state index contributed by atoms with van der Waals surface area (Å²) in [7, 11) is -3.67. The minimum Gasteiger partial charge on any atom is -0.353 e. The van der Waals surface area contributed by atoms with Crippen molar-refractivity contribution in [1.82, 2.24) is 9.80 Å². The summed E-state index contributed by atoms with van der Waals surface area (Å²) < 4.78 is 51.3. The molecule has 3 aliphatic heterocycles. The maximum absolute atomic E-state index is 14.1. The van der Waals surface area contributed by atoms with Crippen LogP contribution in [0.1, 0.15) is 30.0 Å². The molecule has 1 atom stereocenters. The van der Waals surface area contributed by atoms with E-state index >= 15 is 0 Å². The van der Waals surface area contributed by atoms with Gasteiger partial charge in [0.1, 0.15) is 5.82 Å². The molecule has 11 heteroatoms. The van der Waals surface area contributed by atoms with Crippen molar-refractivity contribution in [3.8, 4) is 0 Å². The molecule has 3 heterocycles. The number of fused-ring (bicyclic) bond motifs is 2. The zero-order chi connectivity index (χ0) is 25.7. The molecule has 2 saturated heterocycles. The average molecular weight is 559 g/mol. The summed E-state index contributed by atoms with van der Waals surface area (Å²) in [6.45, 7) is 6.65. The zero-order valence-electron chi connectivity index (χ0n) is 20.2. The Labute approximate surface area is 221 Å². The van der Waals surface area contributed by atoms with E-state index < -0.39 is 10.1 Å². The van der Waals surface area contributed by atoms with E-state index in [0.717, 1.165) is 75.1 Å². The minimum absolute atomic E-state index is 0.0475. The van der Waals surface area contributed by atoms with E-state index in [4.69, 9.17) is 25.6 Å². The van der Waals surface area contributed by atoms with Crippen LogP contribution in [0.25, 0.3) is 0 Å². The van der Waals surface area contributed by atoms with Gasteiger partial charge >= 0.3 is 0 Å². The van der Waals surface area contributed by atoms with Crippen LogP contribution in [0.15, 0.2) is 46.2 Å². The first-order chi connectivity index (χ1) is 17.2. The van der Waals surface area contributed by atoms with E-state index in [1.807, 2.05) is 12.1 Å². The number of halogens is 2. The van der Waals surface area contributed by atoms with Crippen molar-refractivity contribution in [2.24, 2.45) is 0 Å². The lowest BCUT2D eigenvalue weighted by Gasteiger charge is -2.40. The third kappa shape index (κ3) is 8.13. The van der Waals surface area contributed by atoms with Crippen LogP contribution in [0.3, 0.4) is 0 Å². The van der Waals surface area contributed by atoms with Gasteiger partial charge in [0.05, 0.1) is 19.5 Å². The number of hydrogen-bond acceptors (Lipinski definition) is 7. The molecule has 0 saturated carbocycles. The van der Waals surface area contributed by atoms with E-state index in [0.29, 0.717) is 6.26 Å². The number of hydrogen-bond donors (Lipinski definition) is 1. The van der Waals surface area contributed by atoms with Crippen LogP contribution in [0.2, 0.25) is 5.02 Å². The Balaban J connectivity index is 0.000000556. The number of benzene rings is 2. The molecule has 0 aliphatic carbocycles. The second-order valence-electron chi connectivity index (χ2n) is 9.18. The molecular formula is C25H32ClFN2O5S2. The predicted molar refractivity (Wildman–Crippen MR) is 139 cm³/mol. The Morgan fingerprint density at radius 3 is 2.47 bits per heavy atom. The van der Waals surface area contributed by atoms with Crippen molar-refractivity contribution in [1.29, 1.82) is 0 Å². The summed E-state index contributed by atoms with van der Waals surface area (Å²) in [5, 5.41) is 0.757. The lowest BCUT2D eigenvalue weighted by Crippen LogP contribution is -2.48. The van der Waals surface area contributed by atoms with Crippen LogP contribution in [-0.4, -0.2) is 81.3 Å². The van der Waals surface area contributed by atoms with Gasteiger partial charge in [-0.15, -0.1) is 0 Å². The van der Waals surface area contributed by atoms with Crippen molar-refractivity contribution in [3.63, 3.8) is 0 Å². The monoisotopic (exact) mass is 558 g/mol. The molecule has 1 N–H and O–H groups in total. The van der Waals surface area contributed by atoms with E-state index in [2.05, 4.69) is 21.9 Å². The molecule has 0 spiro atoms. The molecule has 0 amide bonds. The zero-order valence-corrected chi connectivity index (χ0v) is 22.6. The SMILES string of the molecule is CS(=O)(=O)O.Fc1ccc2c(c1)Sc1ccc(Cl)cc1CC2N1CCN(CCC2OCCCO2)CC1. The van der Waals surface area contributed by atoms with Crippen molar-refractivity contribution in [2.75, 3.05) is 52.2 Å². The quantitative estimate of drug-likeness (QED) is 0.550. The average Bonchev–Trinajstić information content (AvgIpc) is 2.98. The van der Waals surface area contributed by atoms with Crippen LogP contribution in [0.4, 0.5) is 4.39 Å². The summed E-state index contributed by atoms with van der Waals surface area (Å²) in [6.07, 6.45) is 3.48. The Bertz CT molecular complexity index is 1130. The fraction of sp³-hybridized carbons (Fsp3) is 0.520. The van der Waals surface area contributed by atoms with Crippen LogP contribution in [0.5, 0.6) is 0 Å². The maximum atomic E-state index is 14.1. The molecule has 7 nitrogen and oxygen atoms in total. The second-order valence-corrected chi connectivity index (χ2v) is 12.2. The fourth-order valence-corrected chi connectivity index (χ4v) is 6.07. The largest absolute Gasteiger partial charge is 0.353 e. The van der Waals surface area contributed by atoms with Gasteiger partial charge < -0.3 is 14.4 Å². The lowest BCUT2D eigenvalue weighted by atomic mass is 9.96. The van der Waals surface area contributed by atoms with Crippen molar-refractivity contribution in [3.05, 3.63) is 58.4 Å². The Kier molecular flexibility index (Phi) is 9.68. The third-order valence-corrected chi connectivity index (χ3v) is 7.84. The van der Waals surface area contributed by atoms with Crippen molar-refractivity contribution in [2.45, 2.75) is 41.4 Å². The van der Waals surface area contributed by atoms with Crippen molar-refractivity contribution >= 4 is 33.5 Å². The van der Waals surface area contributed by atoms with Gasteiger partial charge in [-0.05, 0) is 54.3 Å². The van der Waals surface area contributed by atoms with Gasteiger partial charge in [0, 0.05) is 60.0 Å². The molecule has 0 aromatic heterocycles. The van der Waals surface area contributed by atoms with Gasteiger partial charge in [0.2, 0.25) is 0 Å². The molecule has 36 heavy (non-hydrogen) atoms. The van der Waals surface area contributed by atoms with E-state index in [1.165, 1.54) is 16.0 Å². The molecule has 198 valence electrons. The molecule has 2 aromatic carbocycles. The first-order valence-corrected chi connectivity index (χ1v) is 15.1. The van der Waals surface area contributed by atoms with Crippen LogP contribution in [-0.2, 0) is 26.0 Å². The van der Waals surface area contributed by atoms with Crippen LogP contribution >= 0.6 is 23.4 Å². The molecule has 0 bridgehead atoms. The van der Waals surface area contributed by atoms with E-state index in [1.54, 1.807) is 23.9 Å². The third-order valence-electron chi connectivity index (χ3n) is 6.42. The smallest absolute Gasteiger partial charge is 0.261 e. The summed E-state index contributed by atoms with van der Waals surface area (Å²) in [5.41, 5.74) is 2.46. The molecule has 0 radical (unpaired) electrons. The maximum Gasteiger partial charge on any atom is 0.261 e. The number of rotatable bonds is 4. The molecule has 3 aliphatic rings. The molecular weight excluding hydrogens is 527 g/mol. The van der Waals surface area contributed by atoms with Gasteiger partial charge in [-0.1, -0.05) is 29.4 Å². The summed E-state index contributed by atoms with van der Waals surface area (Å²) >= 11 is 7.96. The molecule has 1 unspecified atom stereocenters. The highest BCUT2D eigenvalue weighted by Crippen LogP contribution is 2.44. The van der Waals surface area contributed by atoms with Gasteiger partial charge in [0.15, 0.2) is 6.29 Å². The minimum atomic E-state index is -3.67. The Morgan fingerprint density at radius 2 is 1.78 bits per heavy atom. The summed E-state index contributed by atoms with van der Waals surface area (Å²) in [5.74, 6) is -0.181. The summed E-state index contributed by atoms with van der Waals surface area (Å²) in [4.78, 5) is 7.24. The van der Waals surface area contributed by atoms with Gasteiger partial charge in [-0.3, -0.25) is 9.45 Å². The number of piperazine rings is 1. The van der Waals surface area contributed by atoms with E-state index in [9.17, 15) is 12.8 Å². The molecule has 2 aromatic rings. The van der Waals surface area contributed by atoms with Crippen LogP contribution < -0.4 is 0 Å².